The van der Waals surface area contributed by atoms with Gasteiger partial charge in [-0.2, -0.15) is 0 Å². The van der Waals surface area contributed by atoms with E-state index in [1.54, 1.807) is 19.1 Å². The van der Waals surface area contributed by atoms with Crippen LogP contribution in [0, 0.1) is 11.2 Å². The van der Waals surface area contributed by atoms with Crippen LogP contribution in [-0.4, -0.2) is 29.1 Å². The van der Waals surface area contributed by atoms with Crippen molar-refractivity contribution in [3.63, 3.8) is 0 Å². The van der Waals surface area contributed by atoms with Gasteiger partial charge < -0.3 is 5.11 Å². The van der Waals surface area contributed by atoms with Gasteiger partial charge in [-0.1, -0.05) is 6.07 Å². The molecule has 2 unspecified atom stereocenters. The van der Waals surface area contributed by atoms with E-state index in [0.717, 1.165) is 18.5 Å². The second-order valence-corrected chi connectivity index (χ2v) is 6.64. The van der Waals surface area contributed by atoms with Crippen LogP contribution in [0.2, 0.25) is 0 Å². The quantitative estimate of drug-likeness (QED) is 0.906. The number of carbonyl (C=O) groups is 1. The van der Waals surface area contributed by atoms with Crippen LogP contribution in [0.3, 0.4) is 0 Å². The van der Waals surface area contributed by atoms with E-state index in [1.165, 1.54) is 6.07 Å². The summed E-state index contributed by atoms with van der Waals surface area (Å²) in [5.74, 6) is -1.02. The molecule has 0 saturated carbocycles. The predicted octanol–water partition coefficient (Wildman–Crippen LogP) is 3.84. The van der Waals surface area contributed by atoms with Gasteiger partial charge in [0.05, 0.1) is 9.89 Å². The Bertz CT molecular complexity index is 523. The molecule has 1 aromatic rings. The second kappa shape index (κ2) is 5.82. The topological polar surface area (TPSA) is 40.5 Å². The first-order valence-corrected chi connectivity index (χ1v) is 7.55. The number of halogens is 2. The summed E-state index contributed by atoms with van der Waals surface area (Å²) in [6.45, 7) is 5.24. The molecule has 0 spiro atoms. The minimum atomic E-state index is -0.741. The molecule has 2 rings (SSSR count). The highest BCUT2D eigenvalue weighted by molar-refractivity contribution is 9.10. The van der Waals surface area contributed by atoms with Crippen molar-refractivity contribution in [1.82, 2.24) is 4.90 Å². The van der Waals surface area contributed by atoms with Crippen LogP contribution < -0.4 is 0 Å². The maximum atomic E-state index is 13.3. The van der Waals surface area contributed by atoms with Crippen LogP contribution in [0.5, 0.6) is 0 Å². The summed E-state index contributed by atoms with van der Waals surface area (Å²) in [6, 6.07) is 5.05. The first-order chi connectivity index (χ1) is 9.33. The lowest BCUT2D eigenvalue weighted by Crippen LogP contribution is -2.46. The molecule has 20 heavy (non-hydrogen) atoms. The van der Waals surface area contributed by atoms with Gasteiger partial charge in [-0.25, -0.2) is 4.39 Å². The summed E-state index contributed by atoms with van der Waals surface area (Å²) in [7, 11) is 0. The normalized spacial score (nSPS) is 25.4. The largest absolute Gasteiger partial charge is 0.481 e. The number of piperidine rings is 1. The zero-order chi connectivity index (χ0) is 14.9. The number of hydrogen-bond acceptors (Lipinski definition) is 2. The molecule has 5 heteroatoms. The molecule has 0 radical (unpaired) electrons. The molecule has 0 amide bonds. The van der Waals surface area contributed by atoms with Crippen LogP contribution >= 0.6 is 15.9 Å². The van der Waals surface area contributed by atoms with Crippen molar-refractivity contribution < 1.29 is 14.3 Å². The molecule has 0 bridgehead atoms. The van der Waals surface area contributed by atoms with Gasteiger partial charge in [0.15, 0.2) is 0 Å². The van der Waals surface area contributed by atoms with E-state index in [4.69, 9.17) is 0 Å². The van der Waals surface area contributed by atoms with Gasteiger partial charge in [0.25, 0.3) is 0 Å². The molecule has 1 saturated heterocycles. The zero-order valence-corrected chi connectivity index (χ0v) is 13.3. The Morgan fingerprint density at radius 2 is 2.25 bits per heavy atom. The lowest BCUT2D eigenvalue weighted by Gasteiger charge is -2.40. The Labute approximate surface area is 126 Å². The monoisotopic (exact) mass is 343 g/mol. The number of rotatable bonds is 3. The van der Waals surface area contributed by atoms with Crippen molar-refractivity contribution in [3.05, 3.63) is 34.1 Å². The van der Waals surface area contributed by atoms with Crippen LogP contribution in [0.15, 0.2) is 22.7 Å². The Balaban J connectivity index is 2.18. The van der Waals surface area contributed by atoms with Crippen LogP contribution in [-0.2, 0) is 4.79 Å². The summed E-state index contributed by atoms with van der Waals surface area (Å²) < 4.78 is 13.7. The van der Waals surface area contributed by atoms with Crippen LogP contribution in [0.4, 0.5) is 4.39 Å². The molecule has 0 aromatic heterocycles. The second-order valence-electron chi connectivity index (χ2n) is 5.79. The third-order valence-corrected chi connectivity index (χ3v) is 4.82. The van der Waals surface area contributed by atoms with Gasteiger partial charge in [0.2, 0.25) is 0 Å². The highest BCUT2D eigenvalue weighted by atomic mass is 79.9. The van der Waals surface area contributed by atoms with Gasteiger partial charge in [-0.15, -0.1) is 0 Å². The fourth-order valence-electron chi connectivity index (χ4n) is 2.77. The summed E-state index contributed by atoms with van der Waals surface area (Å²) in [5.41, 5.74) is 0.303. The summed E-state index contributed by atoms with van der Waals surface area (Å²) in [5, 5.41) is 9.36. The maximum Gasteiger partial charge on any atom is 0.310 e. The lowest BCUT2D eigenvalue weighted by molar-refractivity contribution is -0.151. The van der Waals surface area contributed by atoms with E-state index in [-0.39, 0.29) is 11.9 Å². The molecule has 0 aliphatic carbocycles. The van der Waals surface area contributed by atoms with Gasteiger partial charge in [0.1, 0.15) is 5.82 Å². The molecule has 3 nitrogen and oxygen atoms in total. The number of nitrogens with zero attached hydrogens (tertiary/aromatic N) is 1. The number of aliphatic carboxylic acids is 1. The first kappa shape index (κ1) is 15.4. The molecule has 1 fully saturated rings. The Hall–Kier alpha value is -0.940. The smallest absolute Gasteiger partial charge is 0.310 e. The number of hydrogen-bond donors (Lipinski definition) is 1. The van der Waals surface area contributed by atoms with E-state index in [9.17, 15) is 14.3 Å². The third-order valence-electron chi connectivity index (χ3n) is 4.22. The predicted molar refractivity (Wildman–Crippen MR) is 79.1 cm³/mol. The minimum absolute atomic E-state index is 0.0749. The van der Waals surface area contributed by atoms with Gasteiger partial charge in [-0.3, -0.25) is 9.69 Å². The van der Waals surface area contributed by atoms with Crippen molar-refractivity contribution in [1.29, 1.82) is 0 Å². The van der Waals surface area contributed by atoms with E-state index in [0.29, 0.717) is 17.4 Å². The van der Waals surface area contributed by atoms with Gasteiger partial charge in [0, 0.05) is 12.6 Å². The first-order valence-electron chi connectivity index (χ1n) is 6.76. The Morgan fingerprint density at radius 3 is 2.85 bits per heavy atom. The lowest BCUT2D eigenvalue weighted by atomic mass is 9.81. The zero-order valence-electron chi connectivity index (χ0n) is 11.7. The number of benzene rings is 1. The van der Waals surface area contributed by atoms with Crippen molar-refractivity contribution in [2.24, 2.45) is 5.41 Å². The minimum Gasteiger partial charge on any atom is -0.481 e. The highest BCUT2D eigenvalue weighted by Gasteiger charge is 2.39. The van der Waals surface area contributed by atoms with E-state index < -0.39 is 11.4 Å². The average molecular weight is 344 g/mol. The van der Waals surface area contributed by atoms with Crippen LogP contribution in [0.25, 0.3) is 0 Å². The molecular weight excluding hydrogens is 325 g/mol. The average Bonchev–Trinajstić information content (AvgIpc) is 2.41. The fourth-order valence-corrected chi connectivity index (χ4v) is 3.16. The molecule has 2 atom stereocenters. The number of carboxylic acids is 1. The maximum absolute atomic E-state index is 13.3. The van der Waals surface area contributed by atoms with E-state index in [2.05, 4.69) is 20.8 Å². The molecule has 1 aliphatic rings. The SMILES string of the molecule is CC(c1ccc(F)c(Br)c1)N1CCCC(C)(C(=O)O)C1. The summed E-state index contributed by atoms with van der Waals surface area (Å²) >= 11 is 3.20. The van der Waals surface area contributed by atoms with Gasteiger partial charge >= 0.3 is 5.97 Å². The molecular formula is C15H19BrFNO2. The standard InChI is InChI=1S/C15H19BrFNO2/c1-10(11-4-5-13(17)12(16)8-11)18-7-3-6-15(2,9-18)14(19)20/h4-5,8,10H,3,6-7,9H2,1-2H3,(H,19,20). The number of carboxylic acid groups (broad SMARTS) is 1. The Morgan fingerprint density at radius 1 is 1.55 bits per heavy atom. The van der Waals surface area contributed by atoms with Gasteiger partial charge in [-0.05, 0) is 66.9 Å². The fraction of sp³-hybridized carbons (Fsp3) is 0.533. The third kappa shape index (κ3) is 3.04. The molecule has 1 heterocycles. The van der Waals surface area contributed by atoms with Crippen molar-refractivity contribution in [3.8, 4) is 0 Å². The van der Waals surface area contributed by atoms with Crippen molar-refractivity contribution in [2.45, 2.75) is 32.7 Å². The van der Waals surface area contributed by atoms with Crippen molar-refractivity contribution in [2.75, 3.05) is 13.1 Å². The molecule has 1 N–H and O–H groups in total. The summed E-state index contributed by atoms with van der Waals surface area (Å²) in [4.78, 5) is 13.6. The number of likely N-dealkylation sites (tertiary alicyclic amines) is 1. The molecule has 110 valence electrons. The Kier molecular flexibility index (Phi) is 4.49. The molecule has 1 aliphatic heterocycles. The van der Waals surface area contributed by atoms with E-state index in [1.807, 2.05) is 6.92 Å². The highest BCUT2D eigenvalue weighted by Crippen LogP contribution is 2.35. The molecule has 1 aromatic carbocycles. The summed E-state index contributed by atoms with van der Waals surface area (Å²) in [6.07, 6.45) is 1.58. The van der Waals surface area contributed by atoms with Crippen LogP contribution in [0.1, 0.15) is 38.3 Å². The van der Waals surface area contributed by atoms with E-state index >= 15 is 0 Å². The van der Waals surface area contributed by atoms with Crippen molar-refractivity contribution >= 4 is 21.9 Å².